The maximum Gasteiger partial charge on any atom is 0.137 e. The Bertz CT molecular complexity index is 695. The number of H-pyrrole nitrogens is 1. The van der Waals surface area contributed by atoms with Crippen molar-refractivity contribution in [3.8, 4) is 0 Å². The van der Waals surface area contributed by atoms with E-state index >= 15 is 0 Å². The van der Waals surface area contributed by atoms with Gasteiger partial charge < -0.3 is 0 Å². The monoisotopic (exact) mass is 315 g/mol. The average Bonchev–Trinajstić information content (AvgIpc) is 3.01. The first kappa shape index (κ1) is 14.6. The minimum atomic E-state index is -2.22. The van der Waals surface area contributed by atoms with Crippen LogP contribution in [-0.4, -0.2) is 23.3 Å². The predicted molar refractivity (Wildman–Crippen MR) is 83.8 cm³/mol. The van der Waals surface area contributed by atoms with Crippen molar-refractivity contribution in [2.75, 3.05) is 0 Å². The van der Waals surface area contributed by atoms with Crippen LogP contribution in [0, 0.1) is 11.6 Å². The Morgan fingerprint density at radius 3 is 1.82 bits per heavy atom. The first-order valence-corrected chi connectivity index (χ1v) is 9.65. The van der Waals surface area contributed by atoms with Crippen LogP contribution < -0.4 is 10.4 Å². The number of benzene rings is 2. The Labute approximate surface area is 128 Å². The Kier molecular flexibility index (Phi) is 3.85. The summed E-state index contributed by atoms with van der Waals surface area (Å²) < 4.78 is 26.5. The van der Waals surface area contributed by atoms with Gasteiger partial charge in [-0.25, -0.2) is 13.8 Å². The van der Waals surface area contributed by atoms with Crippen LogP contribution in [0.5, 0.6) is 0 Å². The minimum Gasteiger partial charge on any atom is -0.264 e. The molecule has 3 rings (SSSR count). The fraction of sp³-hybridized carbons (Fsp3) is 0.125. The quantitative estimate of drug-likeness (QED) is 0.749. The summed E-state index contributed by atoms with van der Waals surface area (Å²) in [5.41, 5.74) is 0. The zero-order chi connectivity index (χ0) is 15.6. The van der Waals surface area contributed by atoms with E-state index in [1.54, 1.807) is 24.3 Å². The molecule has 0 spiro atoms. The molecule has 3 nitrogen and oxygen atoms in total. The van der Waals surface area contributed by atoms with Crippen molar-refractivity contribution in [3.05, 3.63) is 72.3 Å². The highest BCUT2D eigenvalue weighted by atomic mass is 28.3. The maximum absolute atomic E-state index is 13.2. The van der Waals surface area contributed by atoms with E-state index in [2.05, 4.69) is 21.7 Å². The number of hydrogen-bond acceptors (Lipinski definition) is 2. The van der Waals surface area contributed by atoms with E-state index in [1.165, 1.54) is 30.6 Å². The van der Waals surface area contributed by atoms with Crippen LogP contribution >= 0.6 is 0 Å². The molecule has 1 aromatic heterocycles. The van der Waals surface area contributed by atoms with Crippen LogP contribution in [0.25, 0.3) is 0 Å². The van der Waals surface area contributed by atoms with Gasteiger partial charge in [0, 0.05) is 6.04 Å². The lowest BCUT2D eigenvalue weighted by molar-refractivity contribution is 0.628. The number of aromatic nitrogens is 3. The minimum absolute atomic E-state index is 0.265. The molecule has 0 amide bonds. The molecule has 0 radical (unpaired) electrons. The molecule has 112 valence electrons. The van der Waals surface area contributed by atoms with Gasteiger partial charge in [-0.05, 0) is 24.3 Å². The molecule has 0 saturated carbocycles. The van der Waals surface area contributed by atoms with Crippen molar-refractivity contribution in [1.29, 1.82) is 0 Å². The highest BCUT2D eigenvalue weighted by Gasteiger charge is 2.33. The van der Waals surface area contributed by atoms with E-state index in [-0.39, 0.29) is 11.6 Å². The number of rotatable bonds is 4. The first-order valence-electron chi connectivity index (χ1n) is 6.94. The number of aromatic amines is 1. The molecule has 0 aliphatic heterocycles. The summed E-state index contributed by atoms with van der Waals surface area (Å²) >= 11 is 0. The predicted octanol–water partition coefficient (Wildman–Crippen LogP) is 2.06. The lowest BCUT2D eigenvalue weighted by atomic mass is 10.3. The molecular formula is C16H15F2N3Si. The maximum atomic E-state index is 13.2. The summed E-state index contributed by atoms with van der Waals surface area (Å²) in [6.45, 7) is 2.16. The van der Waals surface area contributed by atoms with E-state index in [0.717, 1.165) is 16.2 Å². The Morgan fingerprint density at radius 2 is 1.41 bits per heavy atom. The highest BCUT2D eigenvalue weighted by Crippen LogP contribution is 2.12. The summed E-state index contributed by atoms with van der Waals surface area (Å²) in [5.74, 6) is 0.251. The molecule has 2 aromatic carbocycles. The van der Waals surface area contributed by atoms with Crippen LogP contribution in [-0.2, 0) is 6.04 Å². The van der Waals surface area contributed by atoms with E-state index in [1.807, 2.05) is 0 Å². The molecular weight excluding hydrogens is 300 g/mol. The lowest BCUT2D eigenvalue weighted by Crippen LogP contribution is -2.58. The van der Waals surface area contributed by atoms with E-state index < -0.39 is 8.07 Å². The number of nitrogens with zero attached hydrogens (tertiary/aromatic N) is 2. The summed E-state index contributed by atoms with van der Waals surface area (Å²) in [4.78, 5) is 4.21. The molecule has 1 heterocycles. The second-order valence-electron chi connectivity index (χ2n) is 5.45. The van der Waals surface area contributed by atoms with Gasteiger partial charge >= 0.3 is 0 Å². The number of halogens is 2. The van der Waals surface area contributed by atoms with Crippen molar-refractivity contribution in [2.45, 2.75) is 12.6 Å². The van der Waals surface area contributed by atoms with Crippen molar-refractivity contribution in [1.82, 2.24) is 15.2 Å². The fourth-order valence-corrected chi connectivity index (χ4v) is 6.04. The molecule has 0 atom stereocenters. The number of nitrogens with one attached hydrogen (secondary N) is 1. The second-order valence-corrected chi connectivity index (χ2v) is 9.63. The molecule has 3 aromatic rings. The van der Waals surface area contributed by atoms with Crippen LogP contribution in [0.1, 0.15) is 5.82 Å². The van der Waals surface area contributed by atoms with Crippen LogP contribution in [0.2, 0.25) is 6.55 Å². The Balaban J connectivity index is 2.08. The normalized spacial score (nSPS) is 11.6. The number of hydrogen-bond donors (Lipinski definition) is 1. The Hall–Kier alpha value is -2.34. The molecule has 0 bridgehead atoms. The van der Waals surface area contributed by atoms with Gasteiger partial charge in [0.05, 0.1) is 0 Å². The third-order valence-corrected chi connectivity index (χ3v) is 8.21. The van der Waals surface area contributed by atoms with Gasteiger partial charge in [0.15, 0.2) is 0 Å². The largest absolute Gasteiger partial charge is 0.264 e. The van der Waals surface area contributed by atoms with E-state index in [4.69, 9.17) is 0 Å². The van der Waals surface area contributed by atoms with Gasteiger partial charge in [-0.1, -0.05) is 41.2 Å². The van der Waals surface area contributed by atoms with Crippen molar-refractivity contribution >= 4 is 18.4 Å². The van der Waals surface area contributed by atoms with Crippen LogP contribution in [0.3, 0.4) is 0 Å². The second kappa shape index (κ2) is 5.80. The highest BCUT2D eigenvalue weighted by molar-refractivity contribution is 7.00. The van der Waals surface area contributed by atoms with Gasteiger partial charge in [0.2, 0.25) is 0 Å². The average molecular weight is 315 g/mol. The topological polar surface area (TPSA) is 41.6 Å². The standard InChI is InChI=1S/C16H15F2N3Si/c1-22(10-16-19-11-20-21-16,14-6-2-12(17)3-7-14)15-8-4-13(18)5-9-15/h2-9,11H,10H2,1H3,(H,19,20,21). The zero-order valence-corrected chi connectivity index (χ0v) is 13.1. The molecule has 0 fully saturated rings. The van der Waals surface area contributed by atoms with E-state index in [9.17, 15) is 8.78 Å². The molecule has 0 saturated heterocycles. The zero-order valence-electron chi connectivity index (χ0n) is 12.1. The third-order valence-electron chi connectivity index (χ3n) is 3.95. The summed E-state index contributed by atoms with van der Waals surface area (Å²) in [6, 6.07) is 13.8. The molecule has 0 aliphatic carbocycles. The van der Waals surface area contributed by atoms with Gasteiger partial charge in [0.1, 0.15) is 31.9 Å². The van der Waals surface area contributed by atoms with Gasteiger partial charge in [-0.2, -0.15) is 5.10 Å². The summed E-state index contributed by atoms with van der Waals surface area (Å²) in [7, 11) is -2.22. The molecule has 1 N–H and O–H groups in total. The summed E-state index contributed by atoms with van der Waals surface area (Å²) in [5, 5.41) is 8.90. The molecule has 0 unspecified atom stereocenters. The van der Waals surface area contributed by atoms with Gasteiger partial charge in [-0.3, -0.25) is 5.10 Å². The van der Waals surface area contributed by atoms with Gasteiger partial charge in [-0.15, -0.1) is 0 Å². The fourth-order valence-electron chi connectivity index (χ4n) is 2.66. The van der Waals surface area contributed by atoms with Crippen LogP contribution in [0.4, 0.5) is 8.78 Å². The van der Waals surface area contributed by atoms with Gasteiger partial charge in [0.25, 0.3) is 0 Å². The first-order chi connectivity index (χ1) is 10.6. The molecule has 0 aliphatic rings. The van der Waals surface area contributed by atoms with Crippen molar-refractivity contribution in [2.24, 2.45) is 0 Å². The van der Waals surface area contributed by atoms with E-state index in [0.29, 0.717) is 6.04 Å². The molecule has 6 heteroatoms. The molecule has 22 heavy (non-hydrogen) atoms. The summed E-state index contributed by atoms with van der Waals surface area (Å²) in [6.07, 6.45) is 1.47. The van der Waals surface area contributed by atoms with Crippen LogP contribution in [0.15, 0.2) is 54.9 Å². The SMILES string of the molecule is C[Si](Cc1ncn[nH]1)(c1ccc(F)cc1)c1ccc(F)cc1. The Morgan fingerprint density at radius 1 is 0.909 bits per heavy atom. The smallest absolute Gasteiger partial charge is 0.137 e. The third kappa shape index (κ3) is 2.82. The van der Waals surface area contributed by atoms with Crippen molar-refractivity contribution < 1.29 is 8.78 Å². The lowest BCUT2D eigenvalue weighted by Gasteiger charge is -2.27. The van der Waals surface area contributed by atoms with Crippen molar-refractivity contribution in [3.63, 3.8) is 0 Å².